The molecule has 0 aliphatic heterocycles. The summed E-state index contributed by atoms with van der Waals surface area (Å²) in [6.45, 7) is 0.749. The van der Waals surface area contributed by atoms with Gasteiger partial charge in [-0.25, -0.2) is 0 Å². The summed E-state index contributed by atoms with van der Waals surface area (Å²) in [5.41, 5.74) is 6.07. The second-order valence-corrected chi connectivity index (χ2v) is 6.44. The van der Waals surface area contributed by atoms with E-state index in [1.165, 1.54) is 26.4 Å². The zero-order valence-corrected chi connectivity index (χ0v) is 10.00. The van der Waals surface area contributed by atoms with Gasteiger partial charge in [-0.2, -0.15) is 0 Å². The van der Waals surface area contributed by atoms with Gasteiger partial charge in [-0.05, 0) is 62.3 Å². The number of hydrogen-bond acceptors (Lipinski definition) is 3. The molecule has 2 atom stereocenters. The van der Waals surface area contributed by atoms with E-state index in [9.17, 15) is 4.79 Å². The molecule has 0 spiro atoms. The van der Waals surface area contributed by atoms with Gasteiger partial charge in [-0.3, -0.25) is 4.79 Å². The highest BCUT2D eigenvalue weighted by Gasteiger charge is 2.60. The van der Waals surface area contributed by atoms with Crippen LogP contribution in [-0.2, 0) is 9.53 Å². The maximum atomic E-state index is 12.1. The molecule has 4 rings (SSSR count). The SMILES string of the molecule is COC(=O)C12C[C@H]3C[C@@H](CC(CN)(C3)C1)C2. The Morgan fingerprint density at radius 1 is 1.31 bits per heavy atom. The molecule has 4 aliphatic carbocycles. The molecule has 0 aromatic heterocycles. The predicted octanol–water partition coefficient (Wildman–Crippen LogP) is 1.70. The van der Waals surface area contributed by atoms with Crippen LogP contribution in [0.4, 0.5) is 0 Å². The number of methoxy groups -OCH3 is 1. The van der Waals surface area contributed by atoms with Gasteiger partial charge in [-0.1, -0.05) is 0 Å². The van der Waals surface area contributed by atoms with Crippen LogP contribution in [0.25, 0.3) is 0 Å². The molecule has 4 aliphatic rings. The Morgan fingerprint density at radius 2 is 1.94 bits per heavy atom. The van der Waals surface area contributed by atoms with Gasteiger partial charge in [-0.15, -0.1) is 0 Å². The monoisotopic (exact) mass is 223 g/mol. The molecule has 0 aromatic carbocycles. The fourth-order valence-electron chi connectivity index (χ4n) is 5.15. The topological polar surface area (TPSA) is 52.3 Å². The van der Waals surface area contributed by atoms with Crippen molar-refractivity contribution in [1.29, 1.82) is 0 Å². The third kappa shape index (κ3) is 1.27. The van der Waals surface area contributed by atoms with Crippen molar-refractivity contribution in [2.45, 2.75) is 38.5 Å². The number of carbonyl (C=O) groups is 1. The molecule has 0 radical (unpaired) electrons. The van der Waals surface area contributed by atoms with Crippen LogP contribution in [0.3, 0.4) is 0 Å². The Hall–Kier alpha value is -0.570. The molecule has 0 saturated heterocycles. The van der Waals surface area contributed by atoms with Crippen LogP contribution in [0, 0.1) is 22.7 Å². The summed E-state index contributed by atoms with van der Waals surface area (Å²) >= 11 is 0. The average Bonchev–Trinajstić information content (AvgIpc) is 2.26. The lowest BCUT2D eigenvalue weighted by Gasteiger charge is -2.60. The molecular weight excluding hydrogens is 202 g/mol. The molecule has 0 amide bonds. The highest BCUT2D eigenvalue weighted by Crippen LogP contribution is 2.65. The Labute approximate surface area is 96.7 Å². The molecule has 4 fully saturated rings. The summed E-state index contributed by atoms with van der Waals surface area (Å²) in [6, 6.07) is 0. The average molecular weight is 223 g/mol. The second-order valence-electron chi connectivity index (χ2n) is 6.44. The van der Waals surface area contributed by atoms with Gasteiger partial charge in [0.25, 0.3) is 0 Å². The van der Waals surface area contributed by atoms with Crippen molar-refractivity contribution >= 4 is 5.97 Å². The van der Waals surface area contributed by atoms with Crippen molar-refractivity contribution < 1.29 is 9.53 Å². The van der Waals surface area contributed by atoms with Gasteiger partial charge in [0.2, 0.25) is 0 Å². The minimum Gasteiger partial charge on any atom is -0.469 e. The largest absolute Gasteiger partial charge is 0.469 e. The standard InChI is InChI=1S/C13H21NO2/c1-16-11(15)13-5-9-2-10(6-13)4-12(3-9,7-13)8-14/h9-10H,2-8,14H2,1H3/t9-,10-,12?,13?/m0/s1. The van der Waals surface area contributed by atoms with Crippen molar-refractivity contribution in [1.82, 2.24) is 0 Å². The summed E-state index contributed by atoms with van der Waals surface area (Å²) in [4.78, 5) is 12.1. The highest BCUT2D eigenvalue weighted by molar-refractivity contribution is 5.77. The van der Waals surface area contributed by atoms with Gasteiger partial charge in [0.1, 0.15) is 0 Å². The van der Waals surface area contributed by atoms with Crippen LogP contribution in [0.5, 0.6) is 0 Å². The number of rotatable bonds is 2. The lowest BCUT2D eigenvalue weighted by Crippen LogP contribution is -2.57. The first-order valence-electron chi connectivity index (χ1n) is 6.40. The molecule has 90 valence electrons. The minimum absolute atomic E-state index is 0.0272. The van der Waals surface area contributed by atoms with Crippen molar-refractivity contribution in [2.24, 2.45) is 28.4 Å². The van der Waals surface area contributed by atoms with E-state index in [0.29, 0.717) is 0 Å². The Morgan fingerprint density at radius 3 is 2.44 bits per heavy atom. The van der Waals surface area contributed by atoms with Crippen molar-refractivity contribution in [3.63, 3.8) is 0 Å². The van der Waals surface area contributed by atoms with Crippen molar-refractivity contribution in [3.8, 4) is 0 Å². The summed E-state index contributed by atoms with van der Waals surface area (Å²) in [6.07, 6.45) is 6.91. The van der Waals surface area contributed by atoms with E-state index >= 15 is 0 Å². The van der Waals surface area contributed by atoms with E-state index in [-0.39, 0.29) is 16.8 Å². The van der Waals surface area contributed by atoms with Crippen LogP contribution in [-0.4, -0.2) is 19.6 Å². The summed E-state index contributed by atoms with van der Waals surface area (Å²) in [7, 11) is 1.52. The van der Waals surface area contributed by atoms with Gasteiger partial charge >= 0.3 is 5.97 Å². The molecule has 0 unspecified atom stereocenters. The molecule has 16 heavy (non-hydrogen) atoms. The minimum atomic E-state index is -0.168. The number of esters is 1. The van der Waals surface area contributed by atoms with Crippen LogP contribution in [0.15, 0.2) is 0 Å². The summed E-state index contributed by atoms with van der Waals surface area (Å²) in [5.74, 6) is 1.48. The van der Waals surface area contributed by atoms with Gasteiger partial charge in [0.15, 0.2) is 0 Å². The third-order valence-electron chi connectivity index (χ3n) is 5.23. The van der Waals surface area contributed by atoms with E-state index in [0.717, 1.165) is 37.6 Å². The first-order valence-corrected chi connectivity index (χ1v) is 6.40. The van der Waals surface area contributed by atoms with Crippen LogP contribution < -0.4 is 5.73 Å². The number of hydrogen-bond donors (Lipinski definition) is 1. The van der Waals surface area contributed by atoms with E-state index < -0.39 is 0 Å². The van der Waals surface area contributed by atoms with E-state index in [4.69, 9.17) is 10.5 Å². The van der Waals surface area contributed by atoms with E-state index in [2.05, 4.69) is 0 Å². The predicted molar refractivity (Wildman–Crippen MR) is 60.6 cm³/mol. The maximum absolute atomic E-state index is 12.1. The van der Waals surface area contributed by atoms with Gasteiger partial charge in [0, 0.05) is 0 Å². The highest BCUT2D eigenvalue weighted by atomic mass is 16.5. The Bertz CT molecular complexity index is 312. The van der Waals surface area contributed by atoms with Crippen LogP contribution >= 0.6 is 0 Å². The van der Waals surface area contributed by atoms with Crippen molar-refractivity contribution in [2.75, 3.05) is 13.7 Å². The van der Waals surface area contributed by atoms with Gasteiger partial charge in [0.05, 0.1) is 12.5 Å². The fraction of sp³-hybridized carbons (Fsp3) is 0.923. The maximum Gasteiger partial charge on any atom is 0.311 e. The summed E-state index contributed by atoms with van der Waals surface area (Å²) < 4.78 is 5.04. The molecule has 2 N–H and O–H groups in total. The second kappa shape index (κ2) is 3.22. The third-order valence-corrected chi connectivity index (χ3v) is 5.23. The van der Waals surface area contributed by atoms with E-state index in [1.807, 2.05) is 0 Å². The molecule has 0 heterocycles. The number of carbonyl (C=O) groups excluding carboxylic acids is 1. The fourth-order valence-corrected chi connectivity index (χ4v) is 5.15. The normalized spacial score (nSPS) is 49.4. The summed E-state index contributed by atoms with van der Waals surface area (Å²) in [5, 5.41) is 0. The van der Waals surface area contributed by atoms with Gasteiger partial charge < -0.3 is 10.5 Å². The smallest absolute Gasteiger partial charge is 0.311 e. The zero-order chi connectivity index (χ0) is 11.4. The number of ether oxygens (including phenoxy) is 1. The molecule has 4 saturated carbocycles. The van der Waals surface area contributed by atoms with Crippen LogP contribution in [0.2, 0.25) is 0 Å². The Kier molecular flexibility index (Phi) is 2.13. The lowest BCUT2D eigenvalue weighted by atomic mass is 9.44. The molecular formula is C13H21NO2. The molecule has 0 aromatic rings. The lowest BCUT2D eigenvalue weighted by molar-refractivity contribution is -0.177. The zero-order valence-electron chi connectivity index (χ0n) is 10.00. The van der Waals surface area contributed by atoms with E-state index in [1.54, 1.807) is 0 Å². The molecule has 3 nitrogen and oxygen atoms in total. The molecule has 4 bridgehead atoms. The quantitative estimate of drug-likeness (QED) is 0.725. The van der Waals surface area contributed by atoms with Crippen LogP contribution in [0.1, 0.15) is 38.5 Å². The number of nitrogens with two attached hydrogens (primary N) is 1. The first-order chi connectivity index (χ1) is 7.61. The first kappa shape index (κ1) is 10.6. The van der Waals surface area contributed by atoms with Crippen molar-refractivity contribution in [3.05, 3.63) is 0 Å². The molecule has 3 heteroatoms. The Balaban J connectivity index is 1.95.